The zero-order chi connectivity index (χ0) is 20.3. The molecule has 1 amide bonds. The first-order chi connectivity index (χ1) is 11.6. The van der Waals surface area contributed by atoms with Crippen molar-refractivity contribution in [3.05, 3.63) is 29.8 Å². The van der Waals surface area contributed by atoms with Crippen LogP contribution in [0.5, 0.6) is 5.75 Å². The second kappa shape index (κ2) is 8.14. The van der Waals surface area contributed by atoms with E-state index in [0.29, 0.717) is 4.90 Å². The van der Waals surface area contributed by atoms with Crippen LogP contribution in [0.2, 0.25) is 39.3 Å². The van der Waals surface area contributed by atoms with Gasteiger partial charge in [-0.15, -0.1) is 0 Å². The monoisotopic (exact) mass is 407 g/mol. The third-order valence-corrected chi connectivity index (χ3v) is 5.04. The van der Waals surface area contributed by atoms with Crippen LogP contribution in [0, 0.1) is 0 Å². The standard InChI is InChI=1S/C17H28F3NO3Si2/c1-21(16(22)17(18,19)20)12-15(24-26(5,6)7)13-8-10-14(11-9-13)23-25(2,3)4/h8-11,15H,12H2,1-7H3. The quantitative estimate of drug-likeness (QED) is 0.609. The molecule has 0 aliphatic carbocycles. The summed E-state index contributed by atoms with van der Waals surface area (Å²) < 4.78 is 49.9. The Bertz CT molecular complexity index is 608. The summed E-state index contributed by atoms with van der Waals surface area (Å²) in [6.07, 6.45) is -5.52. The number of hydrogen-bond donors (Lipinski definition) is 0. The smallest absolute Gasteiger partial charge is 0.471 e. The van der Waals surface area contributed by atoms with Gasteiger partial charge in [0.15, 0.2) is 8.32 Å². The molecule has 0 heterocycles. The predicted octanol–water partition coefficient (Wildman–Crippen LogP) is 4.81. The number of likely N-dealkylation sites (N-methyl/N-ethyl adjacent to an activating group) is 1. The van der Waals surface area contributed by atoms with E-state index in [2.05, 4.69) is 19.6 Å². The molecule has 0 N–H and O–H groups in total. The van der Waals surface area contributed by atoms with Gasteiger partial charge in [0.05, 0.1) is 6.10 Å². The van der Waals surface area contributed by atoms with E-state index in [0.717, 1.165) is 18.4 Å². The minimum Gasteiger partial charge on any atom is -0.544 e. The summed E-state index contributed by atoms with van der Waals surface area (Å²) in [5, 5.41) is 0. The number of rotatable bonds is 7. The largest absolute Gasteiger partial charge is 0.544 e. The Morgan fingerprint density at radius 3 is 1.92 bits per heavy atom. The molecule has 0 saturated heterocycles. The van der Waals surface area contributed by atoms with E-state index in [1.54, 1.807) is 24.3 Å². The second-order valence-corrected chi connectivity index (χ2v) is 17.1. The summed E-state index contributed by atoms with van der Waals surface area (Å²) in [6.45, 7) is 11.9. The molecule has 9 heteroatoms. The molecule has 0 aliphatic rings. The third-order valence-electron chi connectivity index (χ3n) is 3.20. The first kappa shape index (κ1) is 22.7. The second-order valence-electron chi connectivity index (χ2n) is 8.19. The number of alkyl halides is 3. The van der Waals surface area contributed by atoms with Gasteiger partial charge in [-0.1, -0.05) is 12.1 Å². The van der Waals surface area contributed by atoms with Crippen molar-refractivity contribution in [1.29, 1.82) is 0 Å². The van der Waals surface area contributed by atoms with Crippen LogP contribution in [-0.2, 0) is 9.22 Å². The average molecular weight is 408 g/mol. The minimum atomic E-state index is -4.90. The first-order valence-corrected chi connectivity index (χ1v) is 15.2. The zero-order valence-corrected chi connectivity index (χ0v) is 18.4. The Hall–Kier alpha value is -1.33. The molecule has 1 aromatic rings. The fourth-order valence-corrected chi connectivity index (χ4v) is 4.20. The van der Waals surface area contributed by atoms with Gasteiger partial charge in [-0.25, -0.2) is 0 Å². The summed E-state index contributed by atoms with van der Waals surface area (Å²) in [5.41, 5.74) is 0.720. The fourth-order valence-electron chi connectivity index (χ4n) is 2.29. The minimum absolute atomic E-state index is 0.170. The number of halogens is 3. The van der Waals surface area contributed by atoms with Gasteiger partial charge >= 0.3 is 12.1 Å². The number of hydrogen-bond acceptors (Lipinski definition) is 3. The molecule has 1 rings (SSSR count). The van der Waals surface area contributed by atoms with Gasteiger partial charge in [0, 0.05) is 13.6 Å². The van der Waals surface area contributed by atoms with Crippen LogP contribution < -0.4 is 4.43 Å². The third kappa shape index (κ3) is 7.92. The number of carbonyl (C=O) groups excluding carboxylic acids is 1. The summed E-state index contributed by atoms with van der Waals surface area (Å²) in [6, 6.07) is 7.15. The van der Waals surface area contributed by atoms with Gasteiger partial charge < -0.3 is 13.8 Å². The van der Waals surface area contributed by atoms with Crippen molar-refractivity contribution >= 4 is 22.5 Å². The lowest BCUT2D eigenvalue weighted by Gasteiger charge is -2.30. The van der Waals surface area contributed by atoms with E-state index in [-0.39, 0.29) is 6.54 Å². The highest BCUT2D eigenvalue weighted by Gasteiger charge is 2.42. The summed E-state index contributed by atoms with van der Waals surface area (Å²) in [4.78, 5) is 12.1. The predicted molar refractivity (Wildman–Crippen MR) is 101 cm³/mol. The van der Waals surface area contributed by atoms with Crippen LogP contribution in [0.1, 0.15) is 11.7 Å². The van der Waals surface area contributed by atoms with Crippen molar-refractivity contribution in [1.82, 2.24) is 4.90 Å². The number of carbonyl (C=O) groups is 1. The van der Waals surface area contributed by atoms with Gasteiger partial charge in [0.1, 0.15) is 5.75 Å². The molecule has 1 unspecified atom stereocenters. The normalized spacial score (nSPS) is 14.1. The van der Waals surface area contributed by atoms with Crippen LogP contribution in [-0.4, -0.2) is 47.2 Å². The van der Waals surface area contributed by atoms with Crippen LogP contribution >= 0.6 is 0 Å². The Kier molecular flexibility index (Phi) is 7.11. The lowest BCUT2D eigenvalue weighted by atomic mass is 10.1. The summed E-state index contributed by atoms with van der Waals surface area (Å²) in [5.74, 6) is -1.15. The number of nitrogens with zero attached hydrogens (tertiary/aromatic N) is 1. The molecule has 0 radical (unpaired) electrons. The number of benzene rings is 1. The summed E-state index contributed by atoms with van der Waals surface area (Å²) >= 11 is 0. The summed E-state index contributed by atoms with van der Waals surface area (Å²) in [7, 11) is -2.65. The van der Waals surface area contributed by atoms with Gasteiger partial charge in [0.25, 0.3) is 0 Å². The van der Waals surface area contributed by atoms with Gasteiger partial charge in [-0.3, -0.25) is 4.79 Å². The van der Waals surface area contributed by atoms with Crippen molar-refractivity contribution in [2.75, 3.05) is 13.6 Å². The molecular weight excluding hydrogens is 379 g/mol. The fraction of sp³-hybridized carbons (Fsp3) is 0.588. The van der Waals surface area contributed by atoms with Crippen molar-refractivity contribution in [3.8, 4) is 5.75 Å². The van der Waals surface area contributed by atoms with Gasteiger partial charge in [-0.05, 0) is 57.0 Å². The maximum Gasteiger partial charge on any atom is 0.471 e. The van der Waals surface area contributed by atoms with Crippen molar-refractivity contribution < 1.29 is 26.8 Å². The van der Waals surface area contributed by atoms with E-state index in [1.165, 1.54) is 0 Å². The van der Waals surface area contributed by atoms with Crippen molar-refractivity contribution in [2.45, 2.75) is 51.6 Å². The van der Waals surface area contributed by atoms with Crippen LogP contribution in [0.15, 0.2) is 24.3 Å². The van der Waals surface area contributed by atoms with Crippen LogP contribution in [0.25, 0.3) is 0 Å². The maximum atomic E-state index is 12.7. The molecule has 0 aromatic heterocycles. The molecule has 26 heavy (non-hydrogen) atoms. The van der Waals surface area contributed by atoms with E-state index in [9.17, 15) is 18.0 Å². The van der Waals surface area contributed by atoms with Crippen molar-refractivity contribution in [3.63, 3.8) is 0 Å². The molecule has 0 fully saturated rings. The molecule has 0 saturated carbocycles. The maximum absolute atomic E-state index is 12.7. The highest BCUT2D eigenvalue weighted by molar-refractivity contribution is 6.70. The topological polar surface area (TPSA) is 38.8 Å². The molecule has 148 valence electrons. The van der Waals surface area contributed by atoms with E-state index >= 15 is 0 Å². The lowest BCUT2D eigenvalue weighted by Crippen LogP contribution is -2.42. The van der Waals surface area contributed by atoms with E-state index < -0.39 is 34.8 Å². The van der Waals surface area contributed by atoms with E-state index in [1.807, 2.05) is 19.6 Å². The molecule has 1 atom stereocenters. The zero-order valence-electron chi connectivity index (χ0n) is 16.4. The van der Waals surface area contributed by atoms with Gasteiger partial charge in [0.2, 0.25) is 8.32 Å². The van der Waals surface area contributed by atoms with Crippen molar-refractivity contribution in [2.24, 2.45) is 0 Å². The Balaban J connectivity index is 3.01. The van der Waals surface area contributed by atoms with Gasteiger partial charge in [-0.2, -0.15) is 13.2 Å². The molecule has 0 aliphatic heterocycles. The Labute approximate surface area is 155 Å². The first-order valence-electron chi connectivity index (χ1n) is 8.37. The molecule has 4 nitrogen and oxygen atoms in total. The number of amides is 1. The highest BCUT2D eigenvalue weighted by Crippen LogP contribution is 2.27. The Morgan fingerprint density at radius 1 is 1.04 bits per heavy atom. The molecular formula is C17H28F3NO3Si2. The average Bonchev–Trinajstić information content (AvgIpc) is 2.42. The molecule has 1 aromatic carbocycles. The molecule has 0 bridgehead atoms. The Morgan fingerprint density at radius 2 is 1.54 bits per heavy atom. The lowest BCUT2D eigenvalue weighted by molar-refractivity contribution is -0.185. The molecule has 0 spiro atoms. The van der Waals surface area contributed by atoms with Crippen LogP contribution in [0.4, 0.5) is 13.2 Å². The highest BCUT2D eigenvalue weighted by atomic mass is 28.4. The van der Waals surface area contributed by atoms with Crippen LogP contribution in [0.3, 0.4) is 0 Å². The van der Waals surface area contributed by atoms with E-state index in [4.69, 9.17) is 8.85 Å². The SMILES string of the molecule is CN(CC(O[Si](C)(C)C)c1ccc(O[Si](C)(C)C)cc1)C(=O)C(F)(F)F.